The number of nitrogens with two attached hydrogens (primary N) is 2. The van der Waals surface area contributed by atoms with Gasteiger partial charge in [-0.05, 0) is 19.4 Å². The van der Waals surface area contributed by atoms with Crippen molar-refractivity contribution < 1.29 is 9.90 Å². The SMILES string of the molecule is NCCCCCCC(N)CC(=O)O. The quantitative estimate of drug-likeness (QED) is 0.489. The monoisotopic (exact) mass is 188 g/mol. The Labute approximate surface area is 79.3 Å². The largest absolute Gasteiger partial charge is 0.481 e. The second kappa shape index (κ2) is 8.01. The smallest absolute Gasteiger partial charge is 0.304 e. The molecule has 5 N–H and O–H groups in total. The second-order valence-electron chi connectivity index (χ2n) is 3.35. The first-order valence-corrected chi connectivity index (χ1v) is 4.84. The summed E-state index contributed by atoms with van der Waals surface area (Å²) in [6.45, 7) is 0.737. The van der Waals surface area contributed by atoms with Gasteiger partial charge in [0.25, 0.3) is 0 Å². The van der Waals surface area contributed by atoms with E-state index < -0.39 is 5.97 Å². The molecule has 0 rings (SSSR count). The fourth-order valence-corrected chi connectivity index (χ4v) is 1.23. The van der Waals surface area contributed by atoms with Crippen molar-refractivity contribution in [2.75, 3.05) is 6.54 Å². The zero-order valence-electron chi connectivity index (χ0n) is 8.04. The lowest BCUT2D eigenvalue weighted by Crippen LogP contribution is -2.23. The first-order chi connectivity index (χ1) is 6.16. The number of hydrogen-bond donors (Lipinski definition) is 3. The normalized spacial score (nSPS) is 12.8. The number of rotatable bonds is 8. The van der Waals surface area contributed by atoms with Crippen molar-refractivity contribution in [3.05, 3.63) is 0 Å². The summed E-state index contributed by atoms with van der Waals surface area (Å²) >= 11 is 0. The van der Waals surface area contributed by atoms with Crippen LogP contribution in [-0.4, -0.2) is 23.7 Å². The van der Waals surface area contributed by atoms with Crippen molar-refractivity contribution in [1.82, 2.24) is 0 Å². The number of hydrogen-bond acceptors (Lipinski definition) is 3. The lowest BCUT2D eigenvalue weighted by Gasteiger charge is -2.07. The Bertz CT molecular complexity index is 140. The first kappa shape index (κ1) is 12.4. The van der Waals surface area contributed by atoms with Crippen LogP contribution in [0.3, 0.4) is 0 Å². The average Bonchev–Trinajstić information content (AvgIpc) is 2.02. The molecule has 0 spiro atoms. The Kier molecular flexibility index (Phi) is 7.63. The molecule has 0 radical (unpaired) electrons. The van der Waals surface area contributed by atoms with Gasteiger partial charge in [0.2, 0.25) is 0 Å². The van der Waals surface area contributed by atoms with E-state index in [1.807, 2.05) is 0 Å². The average molecular weight is 188 g/mol. The van der Waals surface area contributed by atoms with E-state index in [9.17, 15) is 4.79 Å². The first-order valence-electron chi connectivity index (χ1n) is 4.84. The number of carbonyl (C=O) groups is 1. The van der Waals surface area contributed by atoms with Crippen molar-refractivity contribution >= 4 is 5.97 Å². The molecule has 1 atom stereocenters. The zero-order valence-corrected chi connectivity index (χ0v) is 8.04. The van der Waals surface area contributed by atoms with Crippen molar-refractivity contribution in [2.24, 2.45) is 11.5 Å². The summed E-state index contributed by atoms with van der Waals surface area (Å²) in [6, 6.07) is -0.185. The second-order valence-corrected chi connectivity index (χ2v) is 3.35. The van der Waals surface area contributed by atoms with Gasteiger partial charge in [0.1, 0.15) is 0 Å². The van der Waals surface area contributed by atoms with Crippen LogP contribution in [-0.2, 0) is 4.79 Å². The number of aliphatic carboxylic acids is 1. The lowest BCUT2D eigenvalue weighted by atomic mass is 10.1. The fraction of sp³-hybridized carbons (Fsp3) is 0.889. The molecule has 0 bridgehead atoms. The molecule has 13 heavy (non-hydrogen) atoms. The molecule has 0 aliphatic heterocycles. The third kappa shape index (κ3) is 9.30. The molecule has 0 aromatic heterocycles. The van der Waals surface area contributed by atoms with E-state index in [0.717, 1.165) is 38.6 Å². The Morgan fingerprint density at radius 1 is 1.23 bits per heavy atom. The van der Waals surface area contributed by atoms with Crippen LogP contribution in [0.2, 0.25) is 0 Å². The van der Waals surface area contributed by atoms with Crippen LogP contribution in [0.5, 0.6) is 0 Å². The molecule has 4 heteroatoms. The van der Waals surface area contributed by atoms with Crippen LogP contribution >= 0.6 is 0 Å². The predicted octanol–water partition coefficient (Wildman–Crippen LogP) is 0.698. The maximum absolute atomic E-state index is 10.2. The van der Waals surface area contributed by atoms with E-state index in [-0.39, 0.29) is 12.5 Å². The summed E-state index contributed by atoms with van der Waals surface area (Å²) in [7, 11) is 0. The van der Waals surface area contributed by atoms with Gasteiger partial charge in [0, 0.05) is 6.04 Å². The minimum Gasteiger partial charge on any atom is -0.481 e. The molecular weight excluding hydrogens is 168 g/mol. The van der Waals surface area contributed by atoms with Crippen LogP contribution < -0.4 is 11.5 Å². The molecule has 0 aliphatic rings. The molecule has 0 amide bonds. The molecule has 0 fully saturated rings. The molecule has 78 valence electrons. The van der Waals surface area contributed by atoms with Gasteiger partial charge in [-0.15, -0.1) is 0 Å². The molecule has 0 saturated heterocycles. The van der Waals surface area contributed by atoms with Gasteiger partial charge < -0.3 is 16.6 Å². The highest BCUT2D eigenvalue weighted by Gasteiger charge is 2.06. The maximum Gasteiger partial charge on any atom is 0.304 e. The van der Waals surface area contributed by atoms with Gasteiger partial charge in [0.05, 0.1) is 6.42 Å². The molecule has 0 saturated carbocycles. The topological polar surface area (TPSA) is 89.3 Å². The number of unbranched alkanes of at least 4 members (excludes halogenated alkanes) is 3. The van der Waals surface area contributed by atoms with E-state index in [0.29, 0.717) is 0 Å². The summed E-state index contributed by atoms with van der Waals surface area (Å²) < 4.78 is 0. The van der Waals surface area contributed by atoms with Crippen molar-refractivity contribution in [3.63, 3.8) is 0 Å². The summed E-state index contributed by atoms with van der Waals surface area (Å²) in [4.78, 5) is 10.2. The Morgan fingerprint density at radius 3 is 2.38 bits per heavy atom. The van der Waals surface area contributed by atoms with Gasteiger partial charge in [-0.1, -0.05) is 19.3 Å². The van der Waals surface area contributed by atoms with Crippen molar-refractivity contribution in [3.8, 4) is 0 Å². The van der Waals surface area contributed by atoms with Gasteiger partial charge in [-0.3, -0.25) is 4.79 Å². The van der Waals surface area contributed by atoms with E-state index >= 15 is 0 Å². The Morgan fingerprint density at radius 2 is 1.85 bits per heavy atom. The highest BCUT2D eigenvalue weighted by molar-refractivity contribution is 5.67. The Balaban J connectivity index is 3.17. The van der Waals surface area contributed by atoms with Crippen LogP contribution in [0.4, 0.5) is 0 Å². The maximum atomic E-state index is 10.2. The molecule has 0 aliphatic carbocycles. The van der Waals surface area contributed by atoms with E-state index in [4.69, 9.17) is 16.6 Å². The third-order valence-corrected chi connectivity index (χ3v) is 1.97. The molecule has 0 aromatic rings. The van der Waals surface area contributed by atoms with Crippen molar-refractivity contribution in [1.29, 1.82) is 0 Å². The van der Waals surface area contributed by atoms with Gasteiger partial charge in [0.15, 0.2) is 0 Å². The summed E-state index contributed by atoms with van der Waals surface area (Å²) in [5, 5.41) is 8.43. The summed E-state index contributed by atoms with van der Waals surface area (Å²) in [6.07, 6.45) is 5.16. The lowest BCUT2D eigenvalue weighted by molar-refractivity contribution is -0.137. The van der Waals surface area contributed by atoms with Gasteiger partial charge in [-0.2, -0.15) is 0 Å². The summed E-state index contributed by atoms with van der Waals surface area (Å²) in [5.74, 6) is -0.811. The zero-order chi connectivity index (χ0) is 10.1. The minimum absolute atomic E-state index is 0.0802. The molecular formula is C9H20N2O2. The molecule has 4 nitrogen and oxygen atoms in total. The van der Waals surface area contributed by atoms with Crippen LogP contribution in [0.15, 0.2) is 0 Å². The highest BCUT2D eigenvalue weighted by atomic mass is 16.4. The van der Waals surface area contributed by atoms with Gasteiger partial charge >= 0.3 is 5.97 Å². The van der Waals surface area contributed by atoms with Crippen LogP contribution in [0, 0.1) is 0 Å². The fourth-order valence-electron chi connectivity index (χ4n) is 1.23. The minimum atomic E-state index is -0.811. The molecule has 0 heterocycles. The van der Waals surface area contributed by atoms with Gasteiger partial charge in [-0.25, -0.2) is 0 Å². The van der Waals surface area contributed by atoms with E-state index in [2.05, 4.69) is 0 Å². The summed E-state index contributed by atoms with van der Waals surface area (Å²) in [5.41, 5.74) is 10.9. The van der Waals surface area contributed by atoms with Crippen LogP contribution in [0.25, 0.3) is 0 Å². The van der Waals surface area contributed by atoms with Crippen LogP contribution in [0.1, 0.15) is 38.5 Å². The standard InChI is InChI=1S/C9H20N2O2/c10-6-4-2-1-3-5-8(11)7-9(12)13/h8H,1-7,10-11H2,(H,12,13). The van der Waals surface area contributed by atoms with Crippen molar-refractivity contribution in [2.45, 2.75) is 44.6 Å². The number of carboxylic acid groups (broad SMARTS) is 1. The molecule has 0 aromatic carbocycles. The molecule has 1 unspecified atom stereocenters. The van der Waals surface area contributed by atoms with E-state index in [1.54, 1.807) is 0 Å². The third-order valence-electron chi connectivity index (χ3n) is 1.97. The van der Waals surface area contributed by atoms with E-state index in [1.165, 1.54) is 0 Å². The Hall–Kier alpha value is -0.610. The predicted molar refractivity (Wildman–Crippen MR) is 52.4 cm³/mol. The highest BCUT2D eigenvalue weighted by Crippen LogP contribution is 2.05. The number of carboxylic acids is 1.